The lowest BCUT2D eigenvalue weighted by Gasteiger charge is -2.25. The molecule has 1 aliphatic rings. The van der Waals surface area contributed by atoms with Gasteiger partial charge in [-0.2, -0.15) is 16.9 Å². The number of anilines is 1. The van der Waals surface area contributed by atoms with E-state index in [1.807, 2.05) is 36.0 Å². The summed E-state index contributed by atoms with van der Waals surface area (Å²) in [5.74, 6) is 2.28. The molecule has 10 heteroatoms. The lowest BCUT2D eigenvalue weighted by atomic mass is 10.2. The van der Waals surface area contributed by atoms with Crippen LogP contribution in [0, 0.1) is 0 Å². The molecule has 0 saturated carbocycles. The standard InChI is InChI=1S/C19H20BrN3O4S2/c1-29(25,26)23(18-5-3-2-4-17(18)20)11-19(24)22-21-10-14-6-8-15(9-7-14)27-16-12-28-13-16/h2-10,16H,11-13H2,1H3,(H,22,24)/b21-10+. The lowest BCUT2D eigenvalue weighted by Crippen LogP contribution is -2.39. The van der Waals surface area contributed by atoms with Crippen molar-refractivity contribution >= 4 is 55.5 Å². The number of carbonyl (C=O) groups excluding carboxylic acids is 1. The Bertz CT molecular complexity index is 993. The van der Waals surface area contributed by atoms with Gasteiger partial charge in [0.2, 0.25) is 10.0 Å². The summed E-state index contributed by atoms with van der Waals surface area (Å²) in [6.07, 6.45) is 2.82. The van der Waals surface area contributed by atoms with Gasteiger partial charge in [0, 0.05) is 16.0 Å². The van der Waals surface area contributed by atoms with Crippen molar-refractivity contribution in [2.75, 3.05) is 28.6 Å². The highest BCUT2D eigenvalue weighted by Crippen LogP contribution is 2.27. The third-order valence-corrected chi connectivity index (χ3v) is 7.01. The number of halogens is 1. The predicted molar refractivity (Wildman–Crippen MR) is 120 cm³/mol. The Kier molecular flexibility index (Phi) is 7.20. The van der Waals surface area contributed by atoms with E-state index in [1.54, 1.807) is 24.3 Å². The van der Waals surface area contributed by atoms with Crippen LogP contribution in [0.25, 0.3) is 0 Å². The first kappa shape index (κ1) is 21.7. The molecular weight excluding hydrogens is 478 g/mol. The van der Waals surface area contributed by atoms with E-state index in [9.17, 15) is 13.2 Å². The Hall–Kier alpha value is -2.04. The molecule has 1 saturated heterocycles. The van der Waals surface area contributed by atoms with Gasteiger partial charge in [-0.25, -0.2) is 13.8 Å². The summed E-state index contributed by atoms with van der Waals surface area (Å²) in [6.45, 7) is -0.384. The zero-order valence-corrected chi connectivity index (χ0v) is 18.8. The number of sulfonamides is 1. The van der Waals surface area contributed by atoms with Gasteiger partial charge in [0.15, 0.2) is 0 Å². The number of hydrazone groups is 1. The van der Waals surface area contributed by atoms with Crippen molar-refractivity contribution in [1.29, 1.82) is 0 Å². The Labute approximate surface area is 182 Å². The Morgan fingerprint density at radius 1 is 1.28 bits per heavy atom. The fourth-order valence-electron chi connectivity index (χ4n) is 2.49. The third-order valence-electron chi connectivity index (χ3n) is 4.00. The summed E-state index contributed by atoms with van der Waals surface area (Å²) in [6, 6.07) is 14.2. The predicted octanol–water partition coefficient (Wildman–Crippen LogP) is 2.86. The molecule has 0 aromatic heterocycles. The highest BCUT2D eigenvalue weighted by molar-refractivity contribution is 9.10. The molecule has 0 radical (unpaired) electrons. The van der Waals surface area contributed by atoms with Crippen LogP contribution >= 0.6 is 27.7 Å². The van der Waals surface area contributed by atoms with Gasteiger partial charge in [0.1, 0.15) is 18.4 Å². The fraction of sp³-hybridized carbons (Fsp3) is 0.263. The maximum atomic E-state index is 12.2. The minimum atomic E-state index is -3.65. The molecule has 3 rings (SSSR count). The molecule has 0 unspecified atom stereocenters. The number of para-hydroxylation sites is 1. The maximum absolute atomic E-state index is 12.2. The number of nitrogens with zero attached hydrogens (tertiary/aromatic N) is 2. The number of hydrogen-bond donors (Lipinski definition) is 1. The van der Waals surface area contributed by atoms with Crippen molar-refractivity contribution in [3.05, 3.63) is 58.6 Å². The van der Waals surface area contributed by atoms with E-state index in [-0.39, 0.29) is 12.6 Å². The van der Waals surface area contributed by atoms with Crippen LogP contribution in [-0.2, 0) is 14.8 Å². The van der Waals surface area contributed by atoms with Crippen LogP contribution in [-0.4, -0.2) is 50.9 Å². The van der Waals surface area contributed by atoms with Gasteiger partial charge < -0.3 is 4.74 Å². The Balaban J connectivity index is 1.58. The molecule has 2 aromatic rings. The lowest BCUT2D eigenvalue weighted by molar-refractivity contribution is -0.119. The first-order valence-electron chi connectivity index (χ1n) is 8.71. The third kappa shape index (κ3) is 6.22. The number of nitrogens with one attached hydrogen (secondary N) is 1. The summed E-state index contributed by atoms with van der Waals surface area (Å²) in [4.78, 5) is 12.2. The number of ether oxygens (including phenoxy) is 1. The highest BCUT2D eigenvalue weighted by Gasteiger charge is 2.22. The summed E-state index contributed by atoms with van der Waals surface area (Å²) in [5, 5.41) is 3.91. The molecule has 1 fully saturated rings. The van der Waals surface area contributed by atoms with E-state index in [4.69, 9.17) is 4.74 Å². The summed E-state index contributed by atoms with van der Waals surface area (Å²) < 4.78 is 31.6. The summed E-state index contributed by atoms with van der Waals surface area (Å²) >= 11 is 5.17. The molecule has 0 aliphatic carbocycles. The van der Waals surface area contributed by atoms with Crippen LogP contribution in [0.3, 0.4) is 0 Å². The fourth-order valence-corrected chi connectivity index (χ4v) is 4.54. The van der Waals surface area contributed by atoms with Crippen LogP contribution in [0.15, 0.2) is 58.1 Å². The smallest absolute Gasteiger partial charge is 0.260 e. The number of thioether (sulfide) groups is 1. The van der Waals surface area contributed by atoms with Crippen molar-refractivity contribution in [3.8, 4) is 5.75 Å². The molecule has 1 N–H and O–H groups in total. The molecule has 1 heterocycles. The normalized spacial score (nSPS) is 14.4. The average molecular weight is 498 g/mol. The molecule has 0 bridgehead atoms. The second-order valence-electron chi connectivity index (χ2n) is 6.36. The van der Waals surface area contributed by atoms with Gasteiger partial charge in [-0.3, -0.25) is 9.10 Å². The first-order chi connectivity index (χ1) is 13.8. The molecular formula is C19H20BrN3O4S2. The van der Waals surface area contributed by atoms with E-state index >= 15 is 0 Å². The molecule has 2 aromatic carbocycles. The van der Waals surface area contributed by atoms with Gasteiger partial charge in [-0.05, 0) is 57.9 Å². The van der Waals surface area contributed by atoms with Crippen LogP contribution < -0.4 is 14.5 Å². The topological polar surface area (TPSA) is 88.1 Å². The molecule has 1 amide bonds. The number of carbonyl (C=O) groups is 1. The van der Waals surface area contributed by atoms with E-state index < -0.39 is 15.9 Å². The average Bonchev–Trinajstić information content (AvgIpc) is 2.64. The number of benzene rings is 2. The van der Waals surface area contributed by atoms with Gasteiger partial charge in [-0.1, -0.05) is 12.1 Å². The number of amides is 1. The minimum absolute atomic E-state index is 0.279. The van der Waals surface area contributed by atoms with Crippen molar-refractivity contribution in [2.45, 2.75) is 6.10 Å². The van der Waals surface area contributed by atoms with Crippen molar-refractivity contribution in [3.63, 3.8) is 0 Å². The van der Waals surface area contributed by atoms with Crippen molar-refractivity contribution in [1.82, 2.24) is 5.43 Å². The van der Waals surface area contributed by atoms with Gasteiger partial charge in [0.05, 0.1) is 18.2 Å². The Morgan fingerprint density at radius 3 is 2.55 bits per heavy atom. The molecule has 0 atom stereocenters. The van der Waals surface area contributed by atoms with Crippen molar-refractivity contribution < 1.29 is 17.9 Å². The van der Waals surface area contributed by atoms with Crippen LogP contribution in [0.4, 0.5) is 5.69 Å². The van der Waals surface area contributed by atoms with E-state index in [1.165, 1.54) is 6.21 Å². The molecule has 7 nitrogen and oxygen atoms in total. The molecule has 1 aliphatic heterocycles. The van der Waals surface area contributed by atoms with Crippen LogP contribution in [0.1, 0.15) is 5.56 Å². The van der Waals surface area contributed by atoms with Gasteiger partial charge >= 0.3 is 0 Å². The van der Waals surface area contributed by atoms with Gasteiger partial charge in [-0.15, -0.1) is 0 Å². The monoisotopic (exact) mass is 497 g/mol. The van der Waals surface area contributed by atoms with Crippen molar-refractivity contribution in [2.24, 2.45) is 5.10 Å². The SMILES string of the molecule is CS(=O)(=O)N(CC(=O)N/N=C/c1ccc(OC2CSC2)cc1)c1ccccc1Br. The second kappa shape index (κ2) is 9.64. The summed E-state index contributed by atoms with van der Waals surface area (Å²) in [7, 11) is -3.65. The molecule has 29 heavy (non-hydrogen) atoms. The van der Waals surface area contributed by atoms with E-state index in [0.29, 0.717) is 10.2 Å². The maximum Gasteiger partial charge on any atom is 0.260 e. The second-order valence-corrected chi connectivity index (χ2v) is 10.2. The first-order valence-corrected chi connectivity index (χ1v) is 12.5. The van der Waals surface area contributed by atoms with Crippen LogP contribution in [0.2, 0.25) is 0 Å². The molecule has 154 valence electrons. The van der Waals surface area contributed by atoms with E-state index in [2.05, 4.69) is 26.5 Å². The highest BCUT2D eigenvalue weighted by atomic mass is 79.9. The number of hydrogen-bond acceptors (Lipinski definition) is 6. The minimum Gasteiger partial charge on any atom is -0.489 e. The summed E-state index contributed by atoms with van der Waals surface area (Å²) in [5.41, 5.74) is 3.53. The van der Waals surface area contributed by atoms with Crippen LogP contribution in [0.5, 0.6) is 5.75 Å². The zero-order chi connectivity index (χ0) is 20.9. The van der Waals surface area contributed by atoms with Gasteiger partial charge in [0.25, 0.3) is 5.91 Å². The quantitative estimate of drug-likeness (QED) is 0.447. The van der Waals surface area contributed by atoms with E-state index in [0.717, 1.165) is 33.4 Å². The zero-order valence-electron chi connectivity index (χ0n) is 15.6. The molecule has 0 spiro atoms. The largest absolute Gasteiger partial charge is 0.489 e. The Morgan fingerprint density at radius 2 is 1.97 bits per heavy atom. The number of rotatable bonds is 8.